The number of unbranched alkanes of at least 4 members (excludes halogenated alkanes) is 1. The highest BCUT2D eigenvalue weighted by Gasteiger charge is 2.50. The number of para-hydroxylation sites is 1. The van der Waals surface area contributed by atoms with Crippen LogP contribution in [-0.4, -0.2) is 24.8 Å². The Morgan fingerprint density at radius 2 is 2.24 bits per heavy atom. The lowest BCUT2D eigenvalue weighted by Crippen LogP contribution is -2.49. The van der Waals surface area contributed by atoms with Crippen LogP contribution in [0.3, 0.4) is 0 Å². The quantitative estimate of drug-likeness (QED) is 0.848. The Morgan fingerprint density at radius 3 is 2.90 bits per heavy atom. The molecule has 0 aliphatic carbocycles. The maximum absolute atomic E-state index is 12.3. The van der Waals surface area contributed by atoms with E-state index in [4.69, 9.17) is 9.47 Å². The van der Waals surface area contributed by atoms with E-state index in [2.05, 4.69) is 6.92 Å². The number of carbonyl (C=O) groups excluding carboxylic acids is 1. The molecule has 1 aromatic rings. The van der Waals surface area contributed by atoms with Crippen LogP contribution in [0.4, 0.5) is 0 Å². The summed E-state index contributed by atoms with van der Waals surface area (Å²) in [6.07, 6.45) is 2.45. The summed E-state index contributed by atoms with van der Waals surface area (Å²) in [5.41, 5.74) is -0.549. The van der Waals surface area contributed by atoms with E-state index in [1.807, 2.05) is 31.2 Å². The zero-order chi connectivity index (χ0) is 15.5. The fraction of sp³-hybridized carbons (Fsp3) is 0.588. The van der Waals surface area contributed by atoms with Crippen LogP contribution in [0.25, 0.3) is 0 Å². The number of rotatable bonds is 5. The van der Waals surface area contributed by atoms with Crippen LogP contribution in [-0.2, 0) is 15.1 Å². The Labute approximate surface area is 126 Å². The van der Waals surface area contributed by atoms with Gasteiger partial charge in [0.15, 0.2) is 0 Å². The zero-order valence-electron chi connectivity index (χ0n) is 13.0. The number of methoxy groups -OCH3 is 1. The third-order valence-corrected chi connectivity index (χ3v) is 4.42. The lowest BCUT2D eigenvalue weighted by Gasteiger charge is -2.43. The van der Waals surface area contributed by atoms with Gasteiger partial charge in [0.05, 0.1) is 19.6 Å². The number of aliphatic hydroxyl groups is 1. The molecule has 1 aromatic carbocycles. The molecule has 0 amide bonds. The standard InChI is InChI=1S/C17H24O4/c1-4-5-8-14(16(18)20-3)17(19)12(2)11-21-15-10-7-6-9-13(15)17/h6-7,9-10,12,14,19H,4-5,8,11H2,1-3H3. The molecule has 116 valence electrons. The predicted molar refractivity (Wildman–Crippen MR) is 80.0 cm³/mol. The first-order valence-corrected chi connectivity index (χ1v) is 7.58. The predicted octanol–water partition coefficient (Wildman–Crippen LogP) is 2.88. The highest BCUT2D eigenvalue weighted by atomic mass is 16.5. The third-order valence-electron chi connectivity index (χ3n) is 4.42. The van der Waals surface area contributed by atoms with E-state index in [9.17, 15) is 9.90 Å². The van der Waals surface area contributed by atoms with Gasteiger partial charge < -0.3 is 14.6 Å². The van der Waals surface area contributed by atoms with Gasteiger partial charge in [-0.2, -0.15) is 0 Å². The van der Waals surface area contributed by atoms with Crippen molar-refractivity contribution >= 4 is 5.97 Å². The van der Waals surface area contributed by atoms with Gasteiger partial charge in [0.1, 0.15) is 11.4 Å². The molecule has 0 bridgehead atoms. The molecule has 0 aromatic heterocycles. The second-order valence-electron chi connectivity index (χ2n) is 5.75. The minimum atomic E-state index is -1.24. The molecule has 3 unspecified atom stereocenters. The van der Waals surface area contributed by atoms with Crippen molar-refractivity contribution in [2.24, 2.45) is 11.8 Å². The Morgan fingerprint density at radius 1 is 1.52 bits per heavy atom. The van der Waals surface area contributed by atoms with Crippen molar-refractivity contribution < 1.29 is 19.4 Å². The van der Waals surface area contributed by atoms with Crippen molar-refractivity contribution in [1.82, 2.24) is 0 Å². The molecule has 1 heterocycles. The van der Waals surface area contributed by atoms with Crippen LogP contribution in [0.2, 0.25) is 0 Å². The number of esters is 1. The Balaban J connectivity index is 2.47. The fourth-order valence-electron chi connectivity index (χ4n) is 3.13. The number of hydrogen-bond donors (Lipinski definition) is 1. The molecule has 2 rings (SSSR count). The van der Waals surface area contributed by atoms with E-state index in [-0.39, 0.29) is 11.9 Å². The Kier molecular flexibility index (Phi) is 4.88. The summed E-state index contributed by atoms with van der Waals surface area (Å²) in [6, 6.07) is 7.40. The minimum Gasteiger partial charge on any atom is -0.493 e. The lowest BCUT2D eigenvalue weighted by atomic mass is 9.70. The van der Waals surface area contributed by atoms with Gasteiger partial charge >= 0.3 is 5.97 Å². The van der Waals surface area contributed by atoms with Crippen molar-refractivity contribution in [3.8, 4) is 5.75 Å². The van der Waals surface area contributed by atoms with Gasteiger partial charge in [-0.1, -0.05) is 44.9 Å². The SMILES string of the molecule is CCCCC(C(=O)OC)C1(O)c2ccccc2OCC1C. The molecule has 1 aliphatic rings. The summed E-state index contributed by atoms with van der Waals surface area (Å²) < 4.78 is 10.6. The van der Waals surface area contributed by atoms with Crippen LogP contribution in [0, 0.1) is 11.8 Å². The van der Waals surface area contributed by atoms with Crippen molar-refractivity contribution in [3.63, 3.8) is 0 Å². The first kappa shape index (κ1) is 15.8. The van der Waals surface area contributed by atoms with Gasteiger partial charge in [-0.15, -0.1) is 0 Å². The van der Waals surface area contributed by atoms with Crippen molar-refractivity contribution in [2.45, 2.75) is 38.7 Å². The van der Waals surface area contributed by atoms with Crippen LogP contribution < -0.4 is 4.74 Å². The molecule has 4 heteroatoms. The zero-order valence-corrected chi connectivity index (χ0v) is 13.0. The average molecular weight is 292 g/mol. The molecule has 0 radical (unpaired) electrons. The molecule has 0 saturated heterocycles. The lowest BCUT2D eigenvalue weighted by molar-refractivity contribution is -0.166. The molecule has 1 N–H and O–H groups in total. The normalized spacial score (nSPS) is 25.6. The van der Waals surface area contributed by atoms with Gasteiger partial charge in [-0.3, -0.25) is 4.79 Å². The highest BCUT2D eigenvalue weighted by Crippen LogP contribution is 2.46. The molecule has 1 aliphatic heterocycles. The van der Waals surface area contributed by atoms with Crippen LogP contribution in [0.5, 0.6) is 5.75 Å². The van der Waals surface area contributed by atoms with E-state index in [1.54, 1.807) is 0 Å². The second-order valence-corrected chi connectivity index (χ2v) is 5.75. The van der Waals surface area contributed by atoms with E-state index in [1.165, 1.54) is 7.11 Å². The van der Waals surface area contributed by atoms with Gasteiger partial charge in [0, 0.05) is 11.5 Å². The van der Waals surface area contributed by atoms with Gasteiger partial charge in [0.2, 0.25) is 0 Å². The number of benzene rings is 1. The molecule has 0 spiro atoms. The van der Waals surface area contributed by atoms with Crippen molar-refractivity contribution in [2.75, 3.05) is 13.7 Å². The summed E-state index contributed by atoms with van der Waals surface area (Å²) in [5, 5.41) is 11.4. The molecule has 0 saturated carbocycles. The summed E-state index contributed by atoms with van der Waals surface area (Å²) in [6.45, 7) is 4.38. The average Bonchev–Trinajstić information content (AvgIpc) is 2.51. The third kappa shape index (κ3) is 2.77. The molecular formula is C17H24O4. The second kappa shape index (κ2) is 6.48. The number of carbonyl (C=O) groups is 1. The summed E-state index contributed by atoms with van der Waals surface area (Å²) in [7, 11) is 1.38. The van der Waals surface area contributed by atoms with Gasteiger partial charge in [-0.05, 0) is 12.5 Å². The van der Waals surface area contributed by atoms with Crippen LogP contribution in [0.1, 0.15) is 38.7 Å². The molecular weight excluding hydrogens is 268 g/mol. The van der Waals surface area contributed by atoms with Gasteiger partial charge in [-0.25, -0.2) is 0 Å². The summed E-state index contributed by atoms with van der Waals surface area (Å²) >= 11 is 0. The maximum atomic E-state index is 12.3. The first-order chi connectivity index (χ1) is 10.1. The first-order valence-electron chi connectivity index (χ1n) is 7.58. The maximum Gasteiger partial charge on any atom is 0.311 e. The van der Waals surface area contributed by atoms with Gasteiger partial charge in [0.25, 0.3) is 0 Å². The fourth-order valence-corrected chi connectivity index (χ4v) is 3.13. The molecule has 4 nitrogen and oxygen atoms in total. The summed E-state index contributed by atoms with van der Waals surface area (Å²) in [5.74, 6) is -0.436. The van der Waals surface area contributed by atoms with Crippen molar-refractivity contribution in [1.29, 1.82) is 0 Å². The largest absolute Gasteiger partial charge is 0.493 e. The number of fused-ring (bicyclic) bond motifs is 1. The Bertz CT molecular complexity index is 499. The number of hydrogen-bond acceptors (Lipinski definition) is 4. The minimum absolute atomic E-state index is 0.173. The van der Waals surface area contributed by atoms with E-state index in [0.29, 0.717) is 24.3 Å². The monoisotopic (exact) mass is 292 g/mol. The van der Waals surface area contributed by atoms with Crippen LogP contribution >= 0.6 is 0 Å². The molecule has 0 fully saturated rings. The summed E-state index contributed by atoms with van der Waals surface area (Å²) in [4.78, 5) is 12.3. The molecule has 3 atom stereocenters. The van der Waals surface area contributed by atoms with Crippen molar-refractivity contribution in [3.05, 3.63) is 29.8 Å². The van der Waals surface area contributed by atoms with E-state index >= 15 is 0 Å². The smallest absolute Gasteiger partial charge is 0.311 e. The molecule has 21 heavy (non-hydrogen) atoms. The highest BCUT2D eigenvalue weighted by molar-refractivity contribution is 5.74. The Hall–Kier alpha value is -1.55. The van der Waals surface area contributed by atoms with Crippen LogP contribution in [0.15, 0.2) is 24.3 Å². The van der Waals surface area contributed by atoms with E-state index in [0.717, 1.165) is 12.8 Å². The topological polar surface area (TPSA) is 55.8 Å². The van der Waals surface area contributed by atoms with E-state index < -0.39 is 11.5 Å². The number of ether oxygens (including phenoxy) is 2.